The lowest BCUT2D eigenvalue weighted by atomic mass is 9.99. The Kier molecular flexibility index (Phi) is 6.07. The van der Waals surface area contributed by atoms with Crippen LogP contribution in [0.5, 0.6) is 0 Å². The standard InChI is InChI=1S/C21H29N5S/c1-16(2)19(20-22-23-24-26(20)21(3,4)5)25(15-18-12-9-13-27-18)14-17-10-7-6-8-11-17/h6-13,16,19H,14-15H2,1-5H3/t19-/m1/s1. The van der Waals surface area contributed by atoms with Gasteiger partial charge in [0.15, 0.2) is 5.82 Å². The highest BCUT2D eigenvalue weighted by atomic mass is 32.1. The summed E-state index contributed by atoms with van der Waals surface area (Å²) in [6, 6.07) is 15.1. The molecular formula is C21H29N5S. The van der Waals surface area contributed by atoms with E-state index in [1.807, 2.05) is 4.68 Å². The lowest BCUT2D eigenvalue weighted by molar-refractivity contribution is 0.121. The van der Waals surface area contributed by atoms with Crippen molar-refractivity contribution in [3.05, 3.63) is 64.1 Å². The van der Waals surface area contributed by atoms with Gasteiger partial charge in [-0.25, -0.2) is 4.68 Å². The minimum atomic E-state index is -0.159. The Morgan fingerprint density at radius 2 is 1.78 bits per heavy atom. The molecule has 3 rings (SSSR count). The van der Waals surface area contributed by atoms with Gasteiger partial charge < -0.3 is 0 Å². The molecule has 0 N–H and O–H groups in total. The third-order valence-electron chi connectivity index (χ3n) is 4.59. The average Bonchev–Trinajstić information content (AvgIpc) is 3.27. The number of aromatic nitrogens is 4. The van der Waals surface area contributed by atoms with Gasteiger partial charge in [-0.2, -0.15) is 0 Å². The van der Waals surface area contributed by atoms with Crippen LogP contribution in [0.1, 0.15) is 56.9 Å². The fraction of sp³-hybridized carbons (Fsp3) is 0.476. The minimum absolute atomic E-state index is 0.126. The lowest BCUT2D eigenvalue weighted by Gasteiger charge is -2.35. The van der Waals surface area contributed by atoms with E-state index in [4.69, 9.17) is 0 Å². The van der Waals surface area contributed by atoms with E-state index >= 15 is 0 Å². The fourth-order valence-electron chi connectivity index (χ4n) is 3.41. The molecule has 27 heavy (non-hydrogen) atoms. The van der Waals surface area contributed by atoms with Crippen molar-refractivity contribution in [2.24, 2.45) is 5.92 Å². The zero-order chi connectivity index (χ0) is 19.4. The van der Waals surface area contributed by atoms with Crippen molar-refractivity contribution in [3.8, 4) is 0 Å². The van der Waals surface area contributed by atoms with Crippen molar-refractivity contribution >= 4 is 11.3 Å². The van der Waals surface area contributed by atoms with E-state index in [2.05, 4.69) is 103 Å². The van der Waals surface area contributed by atoms with Crippen molar-refractivity contribution in [1.82, 2.24) is 25.1 Å². The third kappa shape index (κ3) is 4.82. The molecule has 0 unspecified atom stereocenters. The normalized spacial score (nSPS) is 13.4. The monoisotopic (exact) mass is 383 g/mol. The molecule has 0 radical (unpaired) electrons. The molecule has 2 heterocycles. The van der Waals surface area contributed by atoms with E-state index in [1.54, 1.807) is 11.3 Å². The van der Waals surface area contributed by atoms with Gasteiger partial charge in [0, 0.05) is 18.0 Å². The second-order valence-electron chi connectivity index (χ2n) is 8.28. The van der Waals surface area contributed by atoms with Crippen LogP contribution in [0.2, 0.25) is 0 Å². The van der Waals surface area contributed by atoms with Crippen molar-refractivity contribution in [2.75, 3.05) is 0 Å². The van der Waals surface area contributed by atoms with E-state index < -0.39 is 0 Å². The summed E-state index contributed by atoms with van der Waals surface area (Å²) in [5.41, 5.74) is 1.14. The predicted octanol–water partition coefficient (Wildman–Crippen LogP) is 4.89. The van der Waals surface area contributed by atoms with Gasteiger partial charge in [0.1, 0.15) is 0 Å². The number of hydrogen-bond donors (Lipinski definition) is 0. The van der Waals surface area contributed by atoms with Crippen molar-refractivity contribution in [3.63, 3.8) is 0 Å². The van der Waals surface area contributed by atoms with Crippen LogP contribution in [0.25, 0.3) is 0 Å². The molecule has 0 saturated carbocycles. The highest BCUT2D eigenvalue weighted by molar-refractivity contribution is 7.09. The van der Waals surface area contributed by atoms with Crippen LogP contribution >= 0.6 is 11.3 Å². The molecule has 0 aliphatic heterocycles. The molecule has 1 atom stereocenters. The number of hydrogen-bond acceptors (Lipinski definition) is 5. The molecule has 5 nitrogen and oxygen atoms in total. The van der Waals surface area contributed by atoms with Gasteiger partial charge in [-0.15, -0.1) is 16.4 Å². The Labute approximate surface area is 166 Å². The van der Waals surface area contributed by atoms with E-state index in [0.717, 1.165) is 18.9 Å². The second-order valence-corrected chi connectivity index (χ2v) is 9.31. The highest BCUT2D eigenvalue weighted by Gasteiger charge is 2.32. The molecule has 3 aromatic rings. The lowest BCUT2D eigenvalue weighted by Crippen LogP contribution is -2.36. The highest BCUT2D eigenvalue weighted by Crippen LogP contribution is 2.32. The summed E-state index contributed by atoms with van der Waals surface area (Å²) < 4.78 is 1.98. The average molecular weight is 384 g/mol. The van der Waals surface area contributed by atoms with Crippen molar-refractivity contribution in [1.29, 1.82) is 0 Å². The van der Waals surface area contributed by atoms with E-state index in [0.29, 0.717) is 5.92 Å². The van der Waals surface area contributed by atoms with Crippen LogP contribution in [-0.2, 0) is 18.6 Å². The van der Waals surface area contributed by atoms with Gasteiger partial charge in [-0.3, -0.25) is 4.90 Å². The Hall–Kier alpha value is -2.05. The van der Waals surface area contributed by atoms with Gasteiger partial charge in [-0.05, 0) is 54.1 Å². The van der Waals surface area contributed by atoms with Crippen LogP contribution in [0.3, 0.4) is 0 Å². The van der Waals surface area contributed by atoms with Crippen molar-refractivity contribution < 1.29 is 0 Å². The van der Waals surface area contributed by atoms with E-state index in [1.165, 1.54) is 10.4 Å². The SMILES string of the molecule is CC(C)[C@H](c1nnnn1C(C)(C)C)N(Cc1ccccc1)Cc1cccs1. The Morgan fingerprint density at radius 1 is 1.04 bits per heavy atom. The summed E-state index contributed by atoms with van der Waals surface area (Å²) in [6.07, 6.45) is 0. The van der Waals surface area contributed by atoms with Gasteiger partial charge in [0.25, 0.3) is 0 Å². The van der Waals surface area contributed by atoms with E-state index in [9.17, 15) is 0 Å². The molecule has 0 bridgehead atoms. The summed E-state index contributed by atoms with van der Waals surface area (Å²) in [5.74, 6) is 1.31. The third-order valence-corrected chi connectivity index (χ3v) is 5.45. The maximum atomic E-state index is 4.46. The van der Waals surface area contributed by atoms with Crippen LogP contribution in [0.4, 0.5) is 0 Å². The topological polar surface area (TPSA) is 46.8 Å². The number of rotatable bonds is 7. The van der Waals surface area contributed by atoms with E-state index in [-0.39, 0.29) is 11.6 Å². The van der Waals surface area contributed by atoms with Crippen LogP contribution in [0.15, 0.2) is 47.8 Å². The second kappa shape index (κ2) is 8.31. The molecule has 2 aromatic heterocycles. The smallest absolute Gasteiger partial charge is 0.169 e. The van der Waals surface area contributed by atoms with Gasteiger partial charge in [-0.1, -0.05) is 50.2 Å². The van der Waals surface area contributed by atoms with Gasteiger partial charge in [0.2, 0.25) is 0 Å². The number of thiophene rings is 1. The minimum Gasteiger partial charge on any atom is -0.284 e. The Balaban J connectivity index is 1.99. The van der Waals surface area contributed by atoms with Crippen LogP contribution in [0, 0.1) is 5.92 Å². The van der Waals surface area contributed by atoms with Gasteiger partial charge >= 0.3 is 0 Å². The summed E-state index contributed by atoms with van der Waals surface area (Å²) in [7, 11) is 0. The largest absolute Gasteiger partial charge is 0.284 e. The maximum absolute atomic E-state index is 4.46. The first-order chi connectivity index (χ1) is 12.9. The summed E-state index contributed by atoms with van der Waals surface area (Å²) in [4.78, 5) is 3.85. The molecule has 0 spiro atoms. The number of tetrazole rings is 1. The summed E-state index contributed by atoms with van der Waals surface area (Å²) >= 11 is 1.80. The number of benzene rings is 1. The summed E-state index contributed by atoms with van der Waals surface area (Å²) in [5, 5.41) is 14.9. The number of nitrogens with zero attached hydrogens (tertiary/aromatic N) is 5. The molecule has 0 amide bonds. The molecule has 0 saturated heterocycles. The maximum Gasteiger partial charge on any atom is 0.169 e. The summed E-state index contributed by atoms with van der Waals surface area (Å²) in [6.45, 7) is 12.7. The Bertz CT molecular complexity index is 818. The molecular weight excluding hydrogens is 354 g/mol. The quantitative estimate of drug-likeness (QED) is 0.583. The van der Waals surface area contributed by atoms with Crippen LogP contribution < -0.4 is 0 Å². The molecule has 6 heteroatoms. The van der Waals surface area contributed by atoms with Gasteiger partial charge in [0.05, 0.1) is 11.6 Å². The predicted molar refractivity (Wildman–Crippen MR) is 110 cm³/mol. The van der Waals surface area contributed by atoms with Crippen LogP contribution in [-0.4, -0.2) is 25.1 Å². The molecule has 144 valence electrons. The first-order valence-electron chi connectivity index (χ1n) is 9.45. The first-order valence-corrected chi connectivity index (χ1v) is 10.3. The fourth-order valence-corrected chi connectivity index (χ4v) is 4.14. The Morgan fingerprint density at radius 3 is 2.37 bits per heavy atom. The molecule has 0 aliphatic carbocycles. The molecule has 0 fully saturated rings. The van der Waals surface area contributed by atoms with Crippen molar-refractivity contribution in [2.45, 2.75) is 59.3 Å². The molecule has 0 aliphatic rings. The first kappa shape index (κ1) is 19.7. The zero-order valence-electron chi connectivity index (χ0n) is 16.8. The zero-order valence-corrected chi connectivity index (χ0v) is 17.6. The molecule has 1 aromatic carbocycles.